The summed E-state index contributed by atoms with van der Waals surface area (Å²) < 4.78 is 29.4. The fraction of sp³-hybridized carbons (Fsp3) is 0.714. The summed E-state index contributed by atoms with van der Waals surface area (Å²) in [6, 6.07) is 0.759. The van der Waals surface area contributed by atoms with Crippen molar-refractivity contribution in [2.45, 2.75) is 44.1 Å². The van der Waals surface area contributed by atoms with Crippen LogP contribution in [-0.4, -0.2) is 28.3 Å². The van der Waals surface area contributed by atoms with Gasteiger partial charge in [-0.25, -0.2) is 0 Å². The summed E-state index contributed by atoms with van der Waals surface area (Å²) in [7, 11) is 1.39. The SMILES string of the molecule is Cn1nccc1C(F)(F)C(=O)N[C@@H](CN)C1CCCCC1. The summed E-state index contributed by atoms with van der Waals surface area (Å²) in [4.78, 5) is 12.0. The van der Waals surface area contributed by atoms with E-state index in [1.807, 2.05) is 0 Å². The third-order valence-corrected chi connectivity index (χ3v) is 4.22. The van der Waals surface area contributed by atoms with Crippen LogP contribution in [0.25, 0.3) is 0 Å². The molecule has 2 rings (SSSR count). The zero-order chi connectivity index (χ0) is 15.5. The Kier molecular flexibility index (Phi) is 4.92. The molecule has 1 aliphatic rings. The fourth-order valence-corrected chi connectivity index (χ4v) is 2.96. The van der Waals surface area contributed by atoms with E-state index in [9.17, 15) is 13.6 Å². The lowest BCUT2D eigenvalue weighted by Gasteiger charge is -2.31. The van der Waals surface area contributed by atoms with Crippen molar-refractivity contribution in [2.24, 2.45) is 18.7 Å². The topological polar surface area (TPSA) is 72.9 Å². The van der Waals surface area contributed by atoms with Crippen LogP contribution >= 0.6 is 0 Å². The maximum atomic E-state index is 14.2. The van der Waals surface area contributed by atoms with E-state index in [0.717, 1.165) is 42.9 Å². The Labute approximate surface area is 122 Å². The van der Waals surface area contributed by atoms with Gasteiger partial charge >= 0.3 is 5.92 Å². The molecule has 0 bridgehead atoms. The second-order valence-electron chi connectivity index (χ2n) is 5.63. The number of nitrogens with two attached hydrogens (primary N) is 1. The molecule has 0 saturated heterocycles. The van der Waals surface area contributed by atoms with Crippen molar-refractivity contribution in [3.63, 3.8) is 0 Å². The Morgan fingerprint density at radius 3 is 2.71 bits per heavy atom. The average molecular weight is 300 g/mol. The zero-order valence-corrected chi connectivity index (χ0v) is 12.2. The molecule has 1 fully saturated rings. The first-order chi connectivity index (χ1) is 9.96. The van der Waals surface area contributed by atoms with Crippen molar-refractivity contribution >= 4 is 5.91 Å². The highest BCUT2D eigenvalue weighted by atomic mass is 19.3. The Bertz CT molecular complexity index is 483. The number of alkyl halides is 2. The van der Waals surface area contributed by atoms with Crippen molar-refractivity contribution in [3.05, 3.63) is 18.0 Å². The van der Waals surface area contributed by atoms with Gasteiger partial charge in [0.05, 0.1) is 0 Å². The predicted octanol–water partition coefficient (Wildman–Crippen LogP) is 1.54. The van der Waals surface area contributed by atoms with Gasteiger partial charge in [-0.3, -0.25) is 9.48 Å². The molecule has 0 spiro atoms. The number of halogens is 2. The number of carbonyl (C=O) groups excluding carboxylic acids is 1. The summed E-state index contributed by atoms with van der Waals surface area (Å²) in [6.45, 7) is 0.178. The first-order valence-corrected chi connectivity index (χ1v) is 7.34. The molecule has 118 valence electrons. The highest BCUT2D eigenvalue weighted by Gasteiger charge is 2.44. The van der Waals surface area contributed by atoms with E-state index in [2.05, 4.69) is 10.4 Å². The maximum Gasteiger partial charge on any atom is 0.365 e. The molecule has 3 N–H and O–H groups in total. The number of amides is 1. The van der Waals surface area contributed by atoms with Crippen LogP contribution in [0.5, 0.6) is 0 Å². The second kappa shape index (κ2) is 6.51. The Morgan fingerprint density at radius 1 is 1.52 bits per heavy atom. The first kappa shape index (κ1) is 15.9. The summed E-state index contributed by atoms with van der Waals surface area (Å²) >= 11 is 0. The molecule has 1 aliphatic carbocycles. The van der Waals surface area contributed by atoms with Gasteiger partial charge < -0.3 is 11.1 Å². The van der Waals surface area contributed by atoms with Gasteiger partial charge in [-0.05, 0) is 24.8 Å². The van der Waals surface area contributed by atoms with Gasteiger partial charge in [-0.2, -0.15) is 13.9 Å². The van der Waals surface area contributed by atoms with E-state index >= 15 is 0 Å². The van der Waals surface area contributed by atoms with Crippen LogP contribution in [0.3, 0.4) is 0 Å². The molecule has 5 nitrogen and oxygen atoms in total. The van der Waals surface area contributed by atoms with Crippen LogP contribution in [0.15, 0.2) is 12.3 Å². The molecule has 21 heavy (non-hydrogen) atoms. The minimum atomic E-state index is -3.60. The molecule has 1 atom stereocenters. The predicted molar refractivity (Wildman–Crippen MR) is 74.7 cm³/mol. The highest BCUT2D eigenvalue weighted by Crippen LogP contribution is 2.30. The van der Waals surface area contributed by atoms with Crippen LogP contribution in [0.2, 0.25) is 0 Å². The number of hydrogen-bond acceptors (Lipinski definition) is 3. The number of carbonyl (C=O) groups is 1. The second-order valence-corrected chi connectivity index (χ2v) is 5.63. The molecule has 7 heteroatoms. The van der Waals surface area contributed by atoms with Gasteiger partial charge in [0, 0.05) is 25.8 Å². The normalized spacial score (nSPS) is 18.5. The van der Waals surface area contributed by atoms with E-state index in [0.29, 0.717) is 0 Å². The molecular weight excluding hydrogens is 278 g/mol. The van der Waals surface area contributed by atoms with Crippen LogP contribution in [-0.2, 0) is 17.8 Å². The van der Waals surface area contributed by atoms with Gasteiger partial charge in [-0.15, -0.1) is 0 Å². The quantitative estimate of drug-likeness (QED) is 0.866. The van der Waals surface area contributed by atoms with Crippen LogP contribution in [0.4, 0.5) is 8.78 Å². The third-order valence-electron chi connectivity index (χ3n) is 4.22. The largest absolute Gasteiger partial charge is 0.365 e. The molecule has 1 aromatic heterocycles. The molecule has 1 heterocycles. The first-order valence-electron chi connectivity index (χ1n) is 7.34. The minimum absolute atomic E-state index is 0.178. The van der Waals surface area contributed by atoms with E-state index in [4.69, 9.17) is 5.73 Å². The van der Waals surface area contributed by atoms with Gasteiger partial charge in [-0.1, -0.05) is 19.3 Å². The van der Waals surface area contributed by atoms with E-state index in [-0.39, 0.29) is 12.5 Å². The van der Waals surface area contributed by atoms with Crippen LogP contribution in [0, 0.1) is 5.92 Å². The maximum absolute atomic E-state index is 14.2. The van der Waals surface area contributed by atoms with Crippen molar-refractivity contribution in [1.29, 1.82) is 0 Å². The average Bonchev–Trinajstić information content (AvgIpc) is 2.92. The van der Waals surface area contributed by atoms with Gasteiger partial charge in [0.25, 0.3) is 5.91 Å². The zero-order valence-electron chi connectivity index (χ0n) is 12.2. The highest BCUT2D eigenvalue weighted by molar-refractivity contribution is 5.84. The van der Waals surface area contributed by atoms with E-state index in [1.165, 1.54) is 13.2 Å². The van der Waals surface area contributed by atoms with Gasteiger partial charge in [0.1, 0.15) is 5.69 Å². The lowest BCUT2D eigenvalue weighted by molar-refractivity contribution is -0.149. The van der Waals surface area contributed by atoms with Crippen molar-refractivity contribution in [2.75, 3.05) is 6.54 Å². The van der Waals surface area contributed by atoms with Gasteiger partial charge in [0.2, 0.25) is 0 Å². The lowest BCUT2D eigenvalue weighted by atomic mass is 9.84. The molecule has 0 aromatic carbocycles. The lowest BCUT2D eigenvalue weighted by Crippen LogP contribution is -2.50. The fourth-order valence-electron chi connectivity index (χ4n) is 2.96. The summed E-state index contributed by atoms with van der Waals surface area (Å²) in [5.74, 6) is -4.71. The Morgan fingerprint density at radius 2 is 2.19 bits per heavy atom. The van der Waals surface area contributed by atoms with Crippen molar-refractivity contribution < 1.29 is 13.6 Å². The van der Waals surface area contributed by atoms with Crippen molar-refractivity contribution in [1.82, 2.24) is 15.1 Å². The van der Waals surface area contributed by atoms with E-state index in [1.54, 1.807) is 0 Å². The molecule has 0 unspecified atom stereocenters. The number of nitrogens with one attached hydrogen (secondary N) is 1. The molecule has 1 saturated carbocycles. The van der Waals surface area contributed by atoms with Crippen molar-refractivity contribution in [3.8, 4) is 0 Å². The van der Waals surface area contributed by atoms with E-state index < -0.39 is 23.6 Å². The monoisotopic (exact) mass is 300 g/mol. The summed E-state index contributed by atoms with van der Waals surface area (Å²) in [5.41, 5.74) is 5.25. The Balaban J connectivity index is 2.06. The van der Waals surface area contributed by atoms with Crippen LogP contribution < -0.4 is 11.1 Å². The molecule has 1 amide bonds. The smallest absolute Gasteiger partial charge is 0.346 e. The molecule has 1 aromatic rings. The Hall–Kier alpha value is -1.50. The number of nitrogens with zero attached hydrogens (tertiary/aromatic N) is 2. The van der Waals surface area contributed by atoms with Crippen LogP contribution in [0.1, 0.15) is 37.8 Å². The summed E-state index contributed by atoms with van der Waals surface area (Å²) in [6.07, 6.45) is 6.40. The number of rotatable bonds is 5. The number of hydrogen-bond donors (Lipinski definition) is 2. The summed E-state index contributed by atoms with van der Waals surface area (Å²) in [5, 5.41) is 6.12. The third kappa shape index (κ3) is 3.40. The minimum Gasteiger partial charge on any atom is -0.346 e. The molecular formula is C14H22F2N4O. The molecule has 0 aliphatic heterocycles. The number of aromatic nitrogens is 2. The number of aryl methyl sites for hydroxylation is 1. The van der Waals surface area contributed by atoms with Gasteiger partial charge in [0.15, 0.2) is 0 Å². The molecule has 0 radical (unpaired) electrons. The standard InChI is InChI=1S/C14H22F2N4O/c1-20-12(7-8-18-20)14(15,16)13(21)19-11(9-17)10-5-3-2-4-6-10/h7-8,10-11H,2-6,9,17H2,1H3,(H,19,21)/t11-/m0/s1.